The van der Waals surface area contributed by atoms with E-state index < -0.39 is 6.09 Å². The van der Waals surface area contributed by atoms with E-state index >= 15 is 0 Å². The van der Waals surface area contributed by atoms with Gasteiger partial charge in [-0.3, -0.25) is 14.9 Å². The number of carbonyl (C=O) groups excluding carboxylic acids is 3. The number of amides is 3. The zero-order valence-electron chi connectivity index (χ0n) is 16.5. The summed E-state index contributed by atoms with van der Waals surface area (Å²) in [6, 6.07) is 12.1. The Morgan fingerprint density at radius 2 is 1.75 bits per heavy atom. The Kier molecular flexibility index (Phi) is 7.14. The molecule has 7 heteroatoms. The number of benzene rings is 2. The Balaban J connectivity index is 2.01. The molecule has 148 valence electrons. The van der Waals surface area contributed by atoms with Gasteiger partial charge >= 0.3 is 6.09 Å². The van der Waals surface area contributed by atoms with Crippen LogP contribution in [0.2, 0.25) is 0 Å². The highest BCUT2D eigenvalue weighted by atomic mass is 16.5. The van der Waals surface area contributed by atoms with E-state index in [2.05, 4.69) is 10.6 Å². The molecule has 7 nitrogen and oxygen atoms in total. The van der Waals surface area contributed by atoms with Crippen LogP contribution in [0, 0.1) is 13.8 Å². The molecular formula is C21H25N3O4. The van der Waals surface area contributed by atoms with Crippen molar-refractivity contribution in [1.29, 1.82) is 0 Å². The third-order valence-corrected chi connectivity index (χ3v) is 4.24. The van der Waals surface area contributed by atoms with E-state index in [-0.39, 0.29) is 25.0 Å². The molecule has 0 aliphatic carbocycles. The van der Waals surface area contributed by atoms with E-state index in [0.29, 0.717) is 11.3 Å². The van der Waals surface area contributed by atoms with Gasteiger partial charge in [-0.25, -0.2) is 4.79 Å². The van der Waals surface area contributed by atoms with Gasteiger partial charge in [0.2, 0.25) is 5.91 Å². The fraction of sp³-hybridized carbons (Fsp3) is 0.286. The summed E-state index contributed by atoms with van der Waals surface area (Å²) in [5, 5.41) is 5.38. The average molecular weight is 383 g/mol. The van der Waals surface area contributed by atoms with Crippen molar-refractivity contribution in [2.75, 3.05) is 30.8 Å². The maximum Gasteiger partial charge on any atom is 0.411 e. The quantitative estimate of drug-likeness (QED) is 0.798. The van der Waals surface area contributed by atoms with Crippen molar-refractivity contribution in [2.24, 2.45) is 0 Å². The minimum atomic E-state index is -0.589. The molecule has 2 rings (SSSR count). The fourth-order valence-corrected chi connectivity index (χ4v) is 2.60. The summed E-state index contributed by atoms with van der Waals surface area (Å²) >= 11 is 0. The highest BCUT2D eigenvalue weighted by Crippen LogP contribution is 2.18. The third-order valence-electron chi connectivity index (χ3n) is 4.24. The molecule has 0 heterocycles. The molecule has 0 radical (unpaired) electrons. The summed E-state index contributed by atoms with van der Waals surface area (Å²) in [5.74, 6) is -0.617. The molecule has 2 aromatic rings. The van der Waals surface area contributed by atoms with Crippen LogP contribution in [0.3, 0.4) is 0 Å². The zero-order chi connectivity index (χ0) is 20.7. The highest BCUT2D eigenvalue weighted by molar-refractivity contribution is 6.00. The first kappa shape index (κ1) is 21.0. The van der Waals surface area contributed by atoms with Crippen LogP contribution >= 0.6 is 0 Å². The standard InChI is InChI=1S/C21H25N3O4/c1-5-28-21(27)22-17-10-7-9-16(12-17)20(26)24(4)13-19(25)23-18-11-6-8-14(2)15(18)3/h6-12H,5,13H2,1-4H3,(H,22,27)(H,23,25). The number of nitrogens with one attached hydrogen (secondary N) is 2. The molecule has 0 aliphatic heterocycles. The van der Waals surface area contributed by atoms with E-state index in [1.165, 1.54) is 4.90 Å². The lowest BCUT2D eigenvalue weighted by Gasteiger charge is -2.18. The van der Waals surface area contributed by atoms with Gasteiger partial charge in [-0.15, -0.1) is 0 Å². The van der Waals surface area contributed by atoms with E-state index in [4.69, 9.17) is 4.74 Å². The van der Waals surface area contributed by atoms with Gasteiger partial charge in [0, 0.05) is 24.0 Å². The topological polar surface area (TPSA) is 87.7 Å². The number of likely N-dealkylation sites (N-methyl/N-ethyl adjacent to an activating group) is 1. The largest absolute Gasteiger partial charge is 0.450 e. The SMILES string of the molecule is CCOC(=O)Nc1cccc(C(=O)N(C)CC(=O)Nc2cccc(C)c2C)c1. The summed E-state index contributed by atoms with van der Waals surface area (Å²) in [4.78, 5) is 37.8. The molecule has 0 atom stereocenters. The number of anilines is 2. The van der Waals surface area contributed by atoms with Crippen molar-refractivity contribution in [3.8, 4) is 0 Å². The Hall–Kier alpha value is -3.35. The zero-order valence-corrected chi connectivity index (χ0v) is 16.5. The number of aryl methyl sites for hydroxylation is 1. The van der Waals surface area contributed by atoms with Gasteiger partial charge in [0.15, 0.2) is 0 Å². The molecule has 0 saturated heterocycles. The van der Waals surface area contributed by atoms with Gasteiger partial charge in [-0.05, 0) is 56.2 Å². The summed E-state index contributed by atoms with van der Waals surface area (Å²) in [5.41, 5.74) is 3.59. The molecule has 3 amide bonds. The van der Waals surface area contributed by atoms with Crippen LogP contribution in [-0.4, -0.2) is 43.0 Å². The Bertz CT molecular complexity index is 880. The lowest BCUT2D eigenvalue weighted by Crippen LogP contribution is -2.35. The Morgan fingerprint density at radius 3 is 2.46 bits per heavy atom. The predicted octanol–water partition coefficient (Wildman–Crippen LogP) is 3.58. The maximum absolute atomic E-state index is 12.6. The molecule has 2 N–H and O–H groups in total. The molecule has 0 saturated carbocycles. The Labute approximate surface area is 164 Å². The molecule has 0 aliphatic rings. The van der Waals surface area contributed by atoms with E-state index in [1.807, 2.05) is 32.0 Å². The van der Waals surface area contributed by atoms with Crippen molar-refractivity contribution < 1.29 is 19.1 Å². The van der Waals surface area contributed by atoms with Crippen LogP contribution in [-0.2, 0) is 9.53 Å². The van der Waals surface area contributed by atoms with E-state index in [0.717, 1.165) is 16.8 Å². The van der Waals surface area contributed by atoms with Gasteiger partial charge in [-0.2, -0.15) is 0 Å². The van der Waals surface area contributed by atoms with Gasteiger partial charge in [0.05, 0.1) is 13.2 Å². The second kappa shape index (κ2) is 9.55. The normalized spacial score (nSPS) is 10.1. The van der Waals surface area contributed by atoms with Crippen LogP contribution < -0.4 is 10.6 Å². The summed E-state index contributed by atoms with van der Waals surface area (Å²) in [7, 11) is 1.55. The fourth-order valence-electron chi connectivity index (χ4n) is 2.60. The smallest absolute Gasteiger partial charge is 0.411 e. The molecule has 2 aromatic carbocycles. The highest BCUT2D eigenvalue weighted by Gasteiger charge is 2.16. The van der Waals surface area contributed by atoms with Crippen LogP contribution in [0.4, 0.5) is 16.2 Å². The molecular weight excluding hydrogens is 358 g/mol. The van der Waals surface area contributed by atoms with Crippen LogP contribution in [0.5, 0.6) is 0 Å². The molecule has 0 bridgehead atoms. The second-order valence-corrected chi connectivity index (χ2v) is 6.38. The second-order valence-electron chi connectivity index (χ2n) is 6.38. The third kappa shape index (κ3) is 5.57. The van der Waals surface area contributed by atoms with Gasteiger partial charge < -0.3 is 15.0 Å². The lowest BCUT2D eigenvalue weighted by molar-refractivity contribution is -0.116. The van der Waals surface area contributed by atoms with Gasteiger partial charge in [0.1, 0.15) is 0 Å². The number of rotatable bonds is 6. The molecule has 0 fully saturated rings. The van der Waals surface area contributed by atoms with Crippen LogP contribution in [0.15, 0.2) is 42.5 Å². The van der Waals surface area contributed by atoms with E-state index in [9.17, 15) is 14.4 Å². The number of hydrogen-bond acceptors (Lipinski definition) is 4. The van der Waals surface area contributed by atoms with Crippen molar-refractivity contribution in [1.82, 2.24) is 4.90 Å². The first-order valence-electron chi connectivity index (χ1n) is 8.97. The summed E-state index contributed by atoms with van der Waals surface area (Å²) in [6.45, 7) is 5.77. The molecule has 0 spiro atoms. The van der Waals surface area contributed by atoms with E-state index in [1.54, 1.807) is 38.2 Å². The Morgan fingerprint density at radius 1 is 1.04 bits per heavy atom. The summed E-state index contributed by atoms with van der Waals surface area (Å²) in [6.07, 6.45) is -0.589. The first-order chi connectivity index (χ1) is 13.3. The minimum Gasteiger partial charge on any atom is -0.450 e. The maximum atomic E-state index is 12.6. The van der Waals surface area contributed by atoms with Crippen LogP contribution in [0.25, 0.3) is 0 Å². The van der Waals surface area contributed by atoms with Crippen molar-refractivity contribution >= 4 is 29.3 Å². The van der Waals surface area contributed by atoms with Crippen LogP contribution in [0.1, 0.15) is 28.4 Å². The van der Waals surface area contributed by atoms with Crippen molar-refractivity contribution in [3.63, 3.8) is 0 Å². The average Bonchev–Trinajstić information content (AvgIpc) is 2.65. The predicted molar refractivity (Wildman–Crippen MR) is 109 cm³/mol. The molecule has 0 aromatic heterocycles. The minimum absolute atomic E-state index is 0.0955. The monoisotopic (exact) mass is 383 g/mol. The van der Waals surface area contributed by atoms with Crippen molar-refractivity contribution in [3.05, 3.63) is 59.2 Å². The van der Waals surface area contributed by atoms with Gasteiger partial charge in [0.25, 0.3) is 5.91 Å². The number of hydrogen-bond donors (Lipinski definition) is 2. The molecule has 28 heavy (non-hydrogen) atoms. The first-order valence-corrected chi connectivity index (χ1v) is 8.97. The van der Waals surface area contributed by atoms with Crippen molar-refractivity contribution in [2.45, 2.75) is 20.8 Å². The molecule has 0 unspecified atom stereocenters. The van der Waals surface area contributed by atoms with Gasteiger partial charge in [-0.1, -0.05) is 18.2 Å². The number of ether oxygens (including phenoxy) is 1. The number of carbonyl (C=O) groups is 3. The summed E-state index contributed by atoms with van der Waals surface area (Å²) < 4.78 is 4.82. The lowest BCUT2D eigenvalue weighted by atomic mass is 10.1. The number of nitrogens with zero attached hydrogens (tertiary/aromatic N) is 1.